The summed E-state index contributed by atoms with van der Waals surface area (Å²) in [6.45, 7) is 0. The normalized spacial score (nSPS) is 7.14. The van der Waals surface area contributed by atoms with Crippen molar-refractivity contribution in [3.05, 3.63) is 79.7 Å². The van der Waals surface area contributed by atoms with E-state index in [-0.39, 0.29) is 52.3 Å². The molecule has 0 atom stereocenters. The molecule has 24 nitrogen and oxygen atoms in total. The first-order valence-corrected chi connectivity index (χ1v) is 7.31. The van der Waals surface area contributed by atoms with Gasteiger partial charge in [-0.25, -0.2) is 0 Å². The molecule has 0 aliphatic carbocycles. The Balaban J connectivity index is -0.0000000663. The van der Waals surface area contributed by atoms with Crippen molar-refractivity contribution in [3.63, 3.8) is 0 Å². The van der Waals surface area contributed by atoms with Crippen LogP contribution < -0.4 is 0 Å². The van der Waals surface area contributed by atoms with Crippen molar-refractivity contribution in [3.8, 4) is 22.8 Å². The van der Waals surface area contributed by atoms with E-state index in [1.165, 1.54) is 0 Å². The van der Waals surface area contributed by atoms with Crippen LogP contribution in [0.5, 0.6) is 0 Å². The van der Waals surface area contributed by atoms with Crippen molar-refractivity contribution >= 4 is 0 Å². The average molecular weight is 598 g/mol. The molecule has 37 heavy (non-hydrogen) atoms. The van der Waals surface area contributed by atoms with Crippen molar-refractivity contribution in [2.75, 3.05) is 0 Å². The van der Waals surface area contributed by atoms with E-state index in [4.69, 9.17) is 30.6 Å². The van der Waals surface area contributed by atoms with Crippen LogP contribution in [0, 0.1) is 30.6 Å². The molecule has 0 unspecified atom stereocenters. The molecule has 0 bridgehead atoms. The van der Waals surface area contributed by atoms with E-state index >= 15 is 0 Å². The Labute approximate surface area is 216 Å². The quantitative estimate of drug-likeness (QED) is 0.0941. The van der Waals surface area contributed by atoms with Gasteiger partial charge < -0.3 is 63.5 Å². The third-order valence-electron chi connectivity index (χ3n) is 2.53. The summed E-state index contributed by atoms with van der Waals surface area (Å²) >= 11 is 0. The maximum Gasteiger partial charge on any atom is 2.00 e. The number of nitrogens with zero attached hydrogens (tertiary/aromatic N) is 10. The Morgan fingerprint density at radius 3 is 1.11 bits per heavy atom. The van der Waals surface area contributed by atoms with E-state index in [0.29, 0.717) is 11.6 Å². The summed E-state index contributed by atoms with van der Waals surface area (Å²) < 4.78 is 0. The number of aromatic nitrogens is 10. The zero-order chi connectivity index (χ0) is 22.2. The SMILES string of the molecule is O=[N+]([O-])[O-].O=[N+]([O-])[O-].[OH3+].[OH3+].[OH3+].[OH3+].[OH3+].[OH3+].[Zn+2].c1cncc(-c2nn[nH]n2)c1.c1cncc(-c2nn[nH]n2)c1. The third kappa shape index (κ3) is 24.2. The smallest absolute Gasteiger partial charge is 0.457 e. The topological polar surface area (TPSA) is 465 Å². The van der Waals surface area contributed by atoms with Gasteiger partial charge in [0.2, 0.25) is 11.6 Å². The molecule has 0 saturated carbocycles. The summed E-state index contributed by atoms with van der Waals surface area (Å²) in [4.78, 5) is 24.3. The molecule has 4 aromatic rings. The summed E-state index contributed by atoms with van der Waals surface area (Å²) in [7, 11) is 0. The van der Waals surface area contributed by atoms with Gasteiger partial charge in [0.25, 0.3) is 0 Å². The number of H-pyrrole nitrogens is 2. The molecule has 0 aliphatic heterocycles. The fourth-order valence-corrected chi connectivity index (χ4v) is 1.56. The van der Waals surface area contributed by atoms with Crippen LogP contribution >= 0.6 is 0 Å². The summed E-state index contributed by atoms with van der Waals surface area (Å²) in [5.74, 6) is 1.14. The van der Waals surface area contributed by atoms with Gasteiger partial charge in [-0.1, -0.05) is 0 Å². The van der Waals surface area contributed by atoms with Crippen LogP contribution in [-0.2, 0) is 52.3 Å². The first-order valence-electron chi connectivity index (χ1n) is 7.31. The zero-order valence-corrected chi connectivity index (χ0v) is 21.7. The van der Waals surface area contributed by atoms with E-state index in [1.807, 2.05) is 24.3 Å². The van der Waals surface area contributed by atoms with Crippen LogP contribution in [0.15, 0.2) is 49.1 Å². The fourth-order valence-electron chi connectivity index (χ4n) is 1.56. The molecule has 0 radical (unpaired) electrons. The summed E-state index contributed by atoms with van der Waals surface area (Å²) in [6.07, 6.45) is 6.77. The van der Waals surface area contributed by atoms with E-state index in [2.05, 4.69) is 51.2 Å². The predicted molar refractivity (Wildman–Crippen MR) is 125 cm³/mol. The molecule has 25 heteroatoms. The minimum absolute atomic E-state index is 0. The summed E-state index contributed by atoms with van der Waals surface area (Å²) in [5, 5.41) is 56.3. The van der Waals surface area contributed by atoms with Crippen molar-refractivity contribution < 1.29 is 62.5 Å². The second-order valence-corrected chi connectivity index (χ2v) is 4.40. The van der Waals surface area contributed by atoms with Crippen LogP contribution in [0.3, 0.4) is 0 Å². The first-order chi connectivity index (χ1) is 14.4. The number of pyridine rings is 2. The molecular weight excluding hydrogens is 570 g/mol. The molecule has 0 aromatic carbocycles. The van der Waals surface area contributed by atoms with Crippen LogP contribution in [0.1, 0.15) is 0 Å². The van der Waals surface area contributed by atoms with Gasteiger partial charge >= 0.3 is 19.5 Å². The predicted octanol–water partition coefficient (Wildman–Crippen LogP) is -5.49. The van der Waals surface area contributed by atoms with E-state index in [9.17, 15) is 0 Å². The van der Waals surface area contributed by atoms with Crippen molar-refractivity contribution in [1.29, 1.82) is 0 Å². The number of nitrogens with one attached hydrogen (secondary N) is 2. The fraction of sp³-hybridized carbons (Fsp3) is 0. The maximum atomic E-state index is 8.25. The van der Waals surface area contributed by atoms with Gasteiger partial charge in [-0.15, -0.1) is 20.4 Å². The molecule has 0 spiro atoms. The Morgan fingerprint density at radius 2 is 0.919 bits per heavy atom. The van der Waals surface area contributed by atoms with Crippen molar-refractivity contribution in [1.82, 2.24) is 51.2 Å². The van der Waals surface area contributed by atoms with Crippen molar-refractivity contribution in [2.45, 2.75) is 0 Å². The summed E-state index contributed by atoms with van der Waals surface area (Å²) in [6, 6.07) is 7.40. The van der Waals surface area contributed by atoms with E-state index in [1.54, 1.807) is 24.8 Å². The van der Waals surface area contributed by atoms with Crippen LogP contribution in [-0.4, -0.2) is 61.4 Å². The average Bonchev–Trinajstić information content (AvgIpc) is 3.43. The number of rotatable bonds is 2. The minimum atomic E-state index is -1.75. The number of aromatic amines is 2. The number of tetrazole rings is 2. The Kier molecular flexibility index (Phi) is 39.0. The maximum absolute atomic E-state index is 8.25. The van der Waals surface area contributed by atoms with E-state index < -0.39 is 10.2 Å². The second kappa shape index (κ2) is 29.3. The molecule has 204 valence electrons. The van der Waals surface area contributed by atoms with Gasteiger partial charge in [0, 0.05) is 35.9 Å². The molecule has 0 saturated heterocycles. The van der Waals surface area contributed by atoms with E-state index in [0.717, 1.165) is 11.1 Å². The van der Waals surface area contributed by atoms with Crippen molar-refractivity contribution in [2.24, 2.45) is 0 Å². The molecular formula is C12H28N12O12Zn+6. The van der Waals surface area contributed by atoms with Crippen LogP contribution in [0.4, 0.5) is 0 Å². The zero-order valence-electron chi connectivity index (χ0n) is 18.7. The molecule has 4 heterocycles. The Bertz CT molecular complexity index is 896. The number of hydrogen-bond acceptors (Lipinski definition) is 14. The van der Waals surface area contributed by atoms with Crippen LogP contribution in [0.2, 0.25) is 0 Å². The largest absolute Gasteiger partial charge is 2.00 e. The third-order valence-corrected chi connectivity index (χ3v) is 2.53. The monoisotopic (exact) mass is 596 g/mol. The van der Waals surface area contributed by atoms with Gasteiger partial charge in [-0.3, -0.25) is 9.97 Å². The van der Waals surface area contributed by atoms with Gasteiger partial charge in [0.1, 0.15) is 0 Å². The molecule has 0 amide bonds. The van der Waals surface area contributed by atoms with Gasteiger partial charge in [-0.05, 0) is 34.7 Å². The molecule has 0 fully saturated rings. The Hall–Kier alpha value is -4.78. The number of hydrogen-bond donors (Lipinski definition) is 2. The van der Waals surface area contributed by atoms with Gasteiger partial charge in [0.15, 0.2) is 0 Å². The Morgan fingerprint density at radius 1 is 0.622 bits per heavy atom. The van der Waals surface area contributed by atoms with Gasteiger partial charge in [0.05, 0.1) is 10.2 Å². The summed E-state index contributed by atoms with van der Waals surface area (Å²) in [5.41, 5.74) is 1.72. The van der Waals surface area contributed by atoms with Gasteiger partial charge in [-0.2, -0.15) is 10.4 Å². The molecule has 20 N–H and O–H groups in total. The standard InChI is InChI=1S/2C6H5N5.2NO3.6H2O.Zn/c2*1-2-5(4-7-3-1)6-8-10-11-9-6;2*2-1(3)4;;;;;;;/h2*1-4H,(H,8,9,10,11);;;6*1H2;/q;;2*-1;;;;;;;+2/p+6. The first kappa shape index (κ1) is 49.4. The molecule has 0 aliphatic rings. The molecule has 4 rings (SSSR count). The minimum Gasteiger partial charge on any atom is -0.457 e. The second-order valence-electron chi connectivity index (χ2n) is 4.40. The van der Waals surface area contributed by atoms with Crippen LogP contribution in [0.25, 0.3) is 22.8 Å². The molecule has 4 aromatic heterocycles.